The van der Waals surface area contributed by atoms with Gasteiger partial charge in [-0.25, -0.2) is 4.98 Å². The van der Waals surface area contributed by atoms with Gasteiger partial charge < -0.3 is 5.32 Å². The summed E-state index contributed by atoms with van der Waals surface area (Å²) in [6, 6.07) is 5.19. The van der Waals surface area contributed by atoms with Crippen molar-refractivity contribution in [1.29, 1.82) is 0 Å². The van der Waals surface area contributed by atoms with Crippen LogP contribution in [0.15, 0.2) is 24.4 Å². The Morgan fingerprint density at radius 2 is 2.20 bits per heavy atom. The van der Waals surface area contributed by atoms with Crippen molar-refractivity contribution < 1.29 is 4.79 Å². The van der Waals surface area contributed by atoms with Gasteiger partial charge in [0.05, 0.1) is 22.9 Å². The summed E-state index contributed by atoms with van der Waals surface area (Å²) >= 11 is 5.75. The first kappa shape index (κ1) is 9.86. The lowest BCUT2D eigenvalue weighted by molar-refractivity contribution is -0.114. The van der Waals surface area contributed by atoms with Crippen LogP contribution in [0.4, 0.5) is 5.69 Å². The molecule has 2 heterocycles. The number of halogens is 1. The van der Waals surface area contributed by atoms with Gasteiger partial charge in [-0.1, -0.05) is 11.6 Å². The summed E-state index contributed by atoms with van der Waals surface area (Å²) in [5.41, 5.74) is 2.02. The lowest BCUT2D eigenvalue weighted by Gasteiger charge is -2.02. The highest BCUT2D eigenvalue weighted by Crippen LogP contribution is 2.16. The molecule has 0 aliphatic carbocycles. The van der Waals surface area contributed by atoms with Crippen molar-refractivity contribution in [3.05, 3.63) is 29.5 Å². The number of carbonyl (C=O) groups excluding carboxylic acids is 1. The van der Waals surface area contributed by atoms with E-state index in [-0.39, 0.29) is 5.91 Å². The Morgan fingerprint density at radius 1 is 1.40 bits per heavy atom. The highest BCUT2D eigenvalue weighted by Gasteiger charge is 2.01. The highest BCUT2D eigenvalue weighted by atomic mass is 35.5. The fourth-order valence-electron chi connectivity index (χ4n) is 1.25. The van der Waals surface area contributed by atoms with Gasteiger partial charge in [-0.15, -0.1) is 0 Å². The Morgan fingerprint density at radius 3 is 2.93 bits per heavy atom. The number of pyridine rings is 2. The van der Waals surface area contributed by atoms with E-state index < -0.39 is 0 Å². The summed E-state index contributed by atoms with van der Waals surface area (Å²) in [5.74, 6) is -0.141. The van der Waals surface area contributed by atoms with Crippen LogP contribution in [0.25, 0.3) is 11.0 Å². The van der Waals surface area contributed by atoms with Gasteiger partial charge in [-0.3, -0.25) is 9.78 Å². The molecule has 0 unspecified atom stereocenters. The third-order valence-corrected chi connectivity index (χ3v) is 2.03. The minimum Gasteiger partial charge on any atom is -0.325 e. The third-order valence-electron chi connectivity index (χ3n) is 1.82. The van der Waals surface area contributed by atoms with Gasteiger partial charge in [0, 0.05) is 6.92 Å². The van der Waals surface area contributed by atoms with E-state index in [0.29, 0.717) is 16.4 Å². The van der Waals surface area contributed by atoms with Crippen LogP contribution in [0, 0.1) is 0 Å². The summed E-state index contributed by atoms with van der Waals surface area (Å²) in [4.78, 5) is 19.1. The van der Waals surface area contributed by atoms with Crippen LogP contribution < -0.4 is 5.32 Å². The fourth-order valence-corrected chi connectivity index (χ4v) is 1.41. The molecule has 0 aliphatic rings. The lowest BCUT2D eigenvalue weighted by Crippen LogP contribution is -2.05. The topological polar surface area (TPSA) is 54.9 Å². The number of nitrogens with zero attached hydrogens (tertiary/aromatic N) is 2. The van der Waals surface area contributed by atoms with Crippen molar-refractivity contribution in [1.82, 2.24) is 9.97 Å². The second-order valence-electron chi connectivity index (χ2n) is 3.08. The zero-order chi connectivity index (χ0) is 10.8. The van der Waals surface area contributed by atoms with Gasteiger partial charge in [0.25, 0.3) is 0 Å². The van der Waals surface area contributed by atoms with Crippen molar-refractivity contribution in [2.45, 2.75) is 6.92 Å². The maximum Gasteiger partial charge on any atom is 0.221 e. The molecule has 15 heavy (non-hydrogen) atoms. The Balaban J connectivity index is 2.49. The molecular weight excluding hydrogens is 214 g/mol. The monoisotopic (exact) mass is 221 g/mol. The number of amides is 1. The fraction of sp³-hybridized carbons (Fsp3) is 0.100. The summed E-state index contributed by atoms with van der Waals surface area (Å²) < 4.78 is 0. The van der Waals surface area contributed by atoms with Gasteiger partial charge in [-0.05, 0) is 18.2 Å². The molecule has 2 rings (SSSR count). The van der Waals surface area contributed by atoms with E-state index in [1.807, 2.05) is 0 Å². The number of aromatic nitrogens is 2. The molecule has 0 saturated carbocycles. The van der Waals surface area contributed by atoms with Crippen LogP contribution in [0.5, 0.6) is 0 Å². The maximum absolute atomic E-state index is 10.8. The SMILES string of the molecule is CC(=O)Nc1cnc2ccc(Cl)nc2c1. The molecule has 0 aromatic carbocycles. The van der Waals surface area contributed by atoms with E-state index in [1.54, 1.807) is 24.4 Å². The molecule has 4 nitrogen and oxygen atoms in total. The maximum atomic E-state index is 10.8. The minimum atomic E-state index is -0.141. The summed E-state index contributed by atoms with van der Waals surface area (Å²) in [6.45, 7) is 1.44. The standard InChI is InChI=1S/C10H8ClN3O/c1-6(15)13-7-4-9-8(12-5-7)2-3-10(11)14-9/h2-5H,1H3,(H,13,15). The third kappa shape index (κ3) is 2.22. The summed E-state index contributed by atoms with van der Waals surface area (Å²) in [6.07, 6.45) is 1.58. The molecular formula is C10H8ClN3O. The zero-order valence-electron chi connectivity index (χ0n) is 7.99. The number of fused-ring (bicyclic) bond motifs is 1. The Kier molecular flexibility index (Phi) is 2.51. The summed E-state index contributed by atoms with van der Waals surface area (Å²) in [5, 5.41) is 3.04. The molecule has 0 radical (unpaired) electrons. The Hall–Kier alpha value is -1.68. The predicted octanol–water partition coefficient (Wildman–Crippen LogP) is 2.24. The average molecular weight is 222 g/mol. The molecule has 0 bridgehead atoms. The van der Waals surface area contributed by atoms with Crippen molar-refractivity contribution in [2.75, 3.05) is 5.32 Å². The predicted molar refractivity (Wildman–Crippen MR) is 58.9 cm³/mol. The van der Waals surface area contributed by atoms with E-state index in [9.17, 15) is 4.79 Å². The van der Waals surface area contributed by atoms with E-state index in [4.69, 9.17) is 11.6 Å². The van der Waals surface area contributed by atoms with Crippen LogP contribution in [-0.2, 0) is 4.79 Å². The minimum absolute atomic E-state index is 0.141. The normalized spacial score (nSPS) is 10.3. The van der Waals surface area contributed by atoms with Crippen molar-refractivity contribution in [2.24, 2.45) is 0 Å². The smallest absolute Gasteiger partial charge is 0.221 e. The number of carbonyl (C=O) groups is 1. The van der Waals surface area contributed by atoms with Gasteiger partial charge in [0.1, 0.15) is 5.15 Å². The van der Waals surface area contributed by atoms with Crippen LogP contribution in [-0.4, -0.2) is 15.9 Å². The van der Waals surface area contributed by atoms with Gasteiger partial charge in [0.2, 0.25) is 5.91 Å². The quantitative estimate of drug-likeness (QED) is 0.752. The molecule has 0 spiro atoms. The van der Waals surface area contributed by atoms with Crippen LogP contribution in [0.1, 0.15) is 6.92 Å². The molecule has 0 aliphatic heterocycles. The van der Waals surface area contributed by atoms with E-state index in [1.165, 1.54) is 6.92 Å². The Bertz CT molecular complexity index is 527. The van der Waals surface area contributed by atoms with E-state index in [0.717, 1.165) is 5.52 Å². The molecule has 5 heteroatoms. The second-order valence-corrected chi connectivity index (χ2v) is 3.46. The number of nitrogens with one attached hydrogen (secondary N) is 1. The van der Waals surface area contributed by atoms with Crippen molar-refractivity contribution in [3.63, 3.8) is 0 Å². The van der Waals surface area contributed by atoms with Gasteiger partial charge in [0.15, 0.2) is 0 Å². The molecule has 2 aromatic rings. The van der Waals surface area contributed by atoms with E-state index >= 15 is 0 Å². The molecule has 0 fully saturated rings. The number of hydrogen-bond donors (Lipinski definition) is 1. The van der Waals surface area contributed by atoms with Crippen LogP contribution in [0.3, 0.4) is 0 Å². The molecule has 76 valence electrons. The number of anilines is 1. The first-order valence-corrected chi connectivity index (χ1v) is 4.73. The molecule has 0 saturated heterocycles. The molecule has 2 aromatic heterocycles. The molecule has 0 atom stereocenters. The number of hydrogen-bond acceptors (Lipinski definition) is 3. The first-order valence-electron chi connectivity index (χ1n) is 4.35. The Labute approximate surface area is 91.3 Å². The van der Waals surface area contributed by atoms with Crippen molar-refractivity contribution in [3.8, 4) is 0 Å². The second kappa shape index (κ2) is 3.82. The van der Waals surface area contributed by atoms with Crippen LogP contribution in [0.2, 0.25) is 5.15 Å². The molecule has 1 N–H and O–H groups in total. The average Bonchev–Trinajstić information content (AvgIpc) is 2.16. The van der Waals surface area contributed by atoms with Gasteiger partial charge >= 0.3 is 0 Å². The largest absolute Gasteiger partial charge is 0.325 e. The van der Waals surface area contributed by atoms with Crippen molar-refractivity contribution >= 4 is 34.2 Å². The zero-order valence-corrected chi connectivity index (χ0v) is 8.75. The van der Waals surface area contributed by atoms with Crippen LogP contribution >= 0.6 is 11.6 Å². The lowest BCUT2D eigenvalue weighted by atomic mass is 10.3. The molecule has 1 amide bonds. The van der Waals surface area contributed by atoms with Gasteiger partial charge in [-0.2, -0.15) is 0 Å². The first-order chi connectivity index (χ1) is 7.15. The van der Waals surface area contributed by atoms with E-state index in [2.05, 4.69) is 15.3 Å². The summed E-state index contributed by atoms with van der Waals surface area (Å²) in [7, 11) is 0. The highest BCUT2D eigenvalue weighted by molar-refractivity contribution is 6.29. The number of rotatable bonds is 1.